The van der Waals surface area contributed by atoms with E-state index in [0.717, 1.165) is 29.3 Å². The first-order valence-electron chi connectivity index (χ1n) is 8.47. The number of benzene rings is 2. The van der Waals surface area contributed by atoms with Crippen LogP contribution in [0.2, 0.25) is 0 Å². The number of aryl methyl sites for hydroxylation is 1. The Hall–Kier alpha value is -2.11. The number of carboxylic acids is 1. The number of rotatable bonds is 4. The van der Waals surface area contributed by atoms with Gasteiger partial charge in [0.15, 0.2) is 0 Å². The molecule has 0 spiro atoms. The van der Waals surface area contributed by atoms with E-state index in [1.807, 2.05) is 6.07 Å². The molecule has 128 valence electrons. The van der Waals surface area contributed by atoms with Crippen LogP contribution in [0.15, 0.2) is 46.9 Å². The van der Waals surface area contributed by atoms with Gasteiger partial charge in [0.1, 0.15) is 0 Å². The molecule has 3 N–H and O–H groups in total. The summed E-state index contributed by atoms with van der Waals surface area (Å²) in [5.41, 5.74) is 5.17. The van der Waals surface area contributed by atoms with Gasteiger partial charge >= 0.3 is 5.97 Å². The maximum atomic E-state index is 11.1. The van der Waals surface area contributed by atoms with E-state index in [1.165, 1.54) is 22.2 Å². The standard InChI is InChI=1S/C20H19BrN2O2/c21-14-7-8-17-16(10-14)15-5-2-6-18(19(15)23-17)22-11-12-3-1-4-13(9-12)20(24)25/h1,3-4,7-10,18,22-23H,2,5-6,11H2,(H,24,25)/t18-/m1/s1. The largest absolute Gasteiger partial charge is 0.478 e. The van der Waals surface area contributed by atoms with Gasteiger partial charge in [0.05, 0.1) is 5.56 Å². The third-order valence-electron chi connectivity index (χ3n) is 4.90. The van der Waals surface area contributed by atoms with Gasteiger partial charge in [0, 0.05) is 33.7 Å². The zero-order valence-electron chi connectivity index (χ0n) is 13.7. The number of H-pyrrole nitrogens is 1. The molecule has 0 saturated carbocycles. The molecule has 2 aromatic carbocycles. The number of carbonyl (C=O) groups is 1. The van der Waals surface area contributed by atoms with Gasteiger partial charge < -0.3 is 15.4 Å². The molecule has 1 heterocycles. The summed E-state index contributed by atoms with van der Waals surface area (Å²) in [6.07, 6.45) is 3.33. The summed E-state index contributed by atoms with van der Waals surface area (Å²) in [5.74, 6) is -0.886. The van der Waals surface area contributed by atoms with Crippen molar-refractivity contribution >= 4 is 32.8 Å². The highest BCUT2D eigenvalue weighted by atomic mass is 79.9. The second-order valence-electron chi connectivity index (χ2n) is 6.54. The predicted molar refractivity (Wildman–Crippen MR) is 102 cm³/mol. The Morgan fingerprint density at radius 2 is 2.16 bits per heavy atom. The van der Waals surface area contributed by atoms with Gasteiger partial charge in [0.2, 0.25) is 0 Å². The van der Waals surface area contributed by atoms with Crippen LogP contribution in [-0.4, -0.2) is 16.1 Å². The third-order valence-corrected chi connectivity index (χ3v) is 5.39. The Bertz CT molecular complexity index is 948. The number of halogens is 1. The predicted octanol–water partition coefficient (Wildman–Crippen LogP) is 4.80. The van der Waals surface area contributed by atoms with Crippen molar-refractivity contribution in [3.63, 3.8) is 0 Å². The van der Waals surface area contributed by atoms with Gasteiger partial charge in [-0.15, -0.1) is 0 Å². The molecule has 1 aliphatic carbocycles. The molecule has 0 unspecified atom stereocenters. The van der Waals surface area contributed by atoms with Gasteiger partial charge in [-0.2, -0.15) is 0 Å². The van der Waals surface area contributed by atoms with Crippen LogP contribution in [0, 0.1) is 0 Å². The summed E-state index contributed by atoms with van der Waals surface area (Å²) in [6.45, 7) is 0.657. The average Bonchev–Trinajstić information content (AvgIpc) is 2.98. The quantitative estimate of drug-likeness (QED) is 0.591. The molecule has 25 heavy (non-hydrogen) atoms. The van der Waals surface area contributed by atoms with E-state index in [-0.39, 0.29) is 6.04 Å². The average molecular weight is 399 g/mol. The van der Waals surface area contributed by atoms with Crippen molar-refractivity contribution in [3.8, 4) is 0 Å². The van der Waals surface area contributed by atoms with Crippen LogP contribution < -0.4 is 5.32 Å². The van der Waals surface area contributed by atoms with Crippen LogP contribution in [0.25, 0.3) is 10.9 Å². The first kappa shape index (κ1) is 16.4. The molecular formula is C20H19BrN2O2. The minimum Gasteiger partial charge on any atom is -0.478 e. The molecule has 1 atom stereocenters. The fraction of sp³-hybridized carbons (Fsp3) is 0.250. The van der Waals surface area contributed by atoms with Crippen molar-refractivity contribution in [3.05, 3.63) is 69.3 Å². The van der Waals surface area contributed by atoms with Gasteiger partial charge in [-0.1, -0.05) is 28.1 Å². The number of aromatic nitrogens is 1. The van der Waals surface area contributed by atoms with Crippen LogP contribution in [0.3, 0.4) is 0 Å². The summed E-state index contributed by atoms with van der Waals surface area (Å²) in [7, 11) is 0. The summed E-state index contributed by atoms with van der Waals surface area (Å²) in [6, 6.07) is 13.8. The molecule has 0 fully saturated rings. The summed E-state index contributed by atoms with van der Waals surface area (Å²) < 4.78 is 1.10. The molecule has 0 radical (unpaired) electrons. The van der Waals surface area contributed by atoms with Crippen molar-refractivity contribution < 1.29 is 9.90 Å². The first-order chi connectivity index (χ1) is 12.1. The maximum absolute atomic E-state index is 11.1. The summed E-state index contributed by atoms with van der Waals surface area (Å²) >= 11 is 3.56. The van der Waals surface area contributed by atoms with Crippen LogP contribution in [0.1, 0.15) is 46.1 Å². The Labute approximate surface area is 154 Å². The van der Waals surface area contributed by atoms with E-state index in [9.17, 15) is 4.79 Å². The minimum absolute atomic E-state index is 0.267. The van der Waals surface area contributed by atoms with E-state index >= 15 is 0 Å². The van der Waals surface area contributed by atoms with Gasteiger partial charge in [-0.3, -0.25) is 0 Å². The highest BCUT2D eigenvalue weighted by Gasteiger charge is 2.24. The molecule has 4 rings (SSSR count). The van der Waals surface area contributed by atoms with E-state index < -0.39 is 5.97 Å². The van der Waals surface area contributed by atoms with E-state index in [4.69, 9.17) is 5.11 Å². The zero-order chi connectivity index (χ0) is 17.4. The fourth-order valence-electron chi connectivity index (χ4n) is 3.69. The number of nitrogens with one attached hydrogen (secondary N) is 2. The molecule has 0 amide bonds. The summed E-state index contributed by atoms with van der Waals surface area (Å²) in [5, 5.41) is 14.0. The van der Waals surface area contributed by atoms with Crippen molar-refractivity contribution in [2.45, 2.75) is 31.8 Å². The van der Waals surface area contributed by atoms with Crippen LogP contribution in [0.5, 0.6) is 0 Å². The Morgan fingerprint density at radius 1 is 1.28 bits per heavy atom. The molecule has 3 aromatic rings. The molecule has 0 bridgehead atoms. The third kappa shape index (κ3) is 3.22. The topological polar surface area (TPSA) is 65.1 Å². The molecule has 5 heteroatoms. The van der Waals surface area contributed by atoms with E-state index in [0.29, 0.717) is 12.1 Å². The molecule has 1 aromatic heterocycles. The number of carboxylic acid groups (broad SMARTS) is 1. The lowest BCUT2D eigenvalue weighted by Crippen LogP contribution is -2.25. The molecule has 1 aliphatic rings. The van der Waals surface area contributed by atoms with Gasteiger partial charge in [-0.25, -0.2) is 4.79 Å². The molecule has 4 nitrogen and oxygen atoms in total. The lowest BCUT2D eigenvalue weighted by Gasteiger charge is -2.24. The number of hydrogen-bond donors (Lipinski definition) is 3. The molecule has 0 aliphatic heterocycles. The Morgan fingerprint density at radius 3 is 3.00 bits per heavy atom. The second-order valence-corrected chi connectivity index (χ2v) is 7.45. The number of hydrogen-bond acceptors (Lipinski definition) is 2. The van der Waals surface area contributed by atoms with Crippen LogP contribution in [-0.2, 0) is 13.0 Å². The summed E-state index contributed by atoms with van der Waals surface area (Å²) in [4.78, 5) is 14.7. The highest BCUT2D eigenvalue weighted by molar-refractivity contribution is 9.10. The van der Waals surface area contributed by atoms with Crippen LogP contribution >= 0.6 is 15.9 Å². The number of aromatic carboxylic acids is 1. The van der Waals surface area contributed by atoms with Gasteiger partial charge in [-0.05, 0) is 60.7 Å². The van der Waals surface area contributed by atoms with Crippen molar-refractivity contribution in [2.75, 3.05) is 0 Å². The molecule has 0 saturated heterocycles. The highest BCUT2D eigenvalue weighted by Crippen LogP contribution is 2.35. The van der Waals surface area contributed by atoms with Crippen LogP contribution in [0.4, 0.5) is 0 Å². The lowest BCUT2D eigenvalue weighted by atomic mass is 9.91. The monoisotopic (exact) mass is 398 g/mol. The number of fused-ring (bicyclic) bond motifs is 3. The lowest BCUT2D eigenvalue weighted by molar-refractivity contribution is 0.0696. The number of aromatic amines is 1. The normalized spacial score (nSPS) is 16.8. The van der Waals surface area contributed by atoms with Crippen molar-refractivity contribution in [2.24, 2.45) is 0 Å². The van der Waals surface area contributed by atoms with Gasteiger partial charge in [0.25, 0.3) is 0 Å². The zero-order valence-corrected chi connectivity index (χ0v) is 15.3. The van der Waals surface area contributed by atoms with E-state index in [2.05, 4.69) is 44.4 Å². The van der Waals surface area contributed by atoms with Crippen molar-refractivity contribution in [1.29, 1.82) is 0 Å². The van der Waals surface area contributed by atoms with Crippen molar-refractivity contribution in [1.82, 2.24) is 10.3 Å². The second kappa shape index (κ2) is 6.65. The smallest absolute Gasteiger partial charge is 0.335 e. The molecular weight excluding hydrogens is 380 g/mol. The van der Waals surface area contributed by atoms with E-state index in [1.54, 1.807) is 18.2 Å². The minimum atomic E-state index is -0.886. The fourth-order valence-corrected chi connectivity index (χ4v) is 4.06. The Kier molecular flexibility index (Phi) is 4.36. The SMILES string of the molecule is O=C(O)c1cccc(CN[C@@H]2CCCc3c2[nH]c2ccc(Br)cc32)c1. The maximum Gasteiger partial charge on any atom is 0.335 e. The Balaban J connectivity index is 1.58. The first-order valence-corrected chi connectivity index (χ1v) is 9.27.